The first-order valence-electron chi connectivity index (χ1n) is 5.92. The SMILES string of the molecule is Cc1cccc(C[C@@H](O)c2ccccc2[N+](=O)[O-])n1. The number of nitro benzene ring substituents is 1. The number of aliphatic hydroxyl groups is 1. The van der Waals surface area contributed by atoms with Crippen molar-refractivity contribution in [2.75, 3.05) is 0 Å². The number of hydrogen-bond acceptors (Lipinski definition) is 4. The van der Waals surface area contributed by atoms with Crippen LogP contribution in [0.2, 0.25) is 0 Å². The summed E-state index contributed by atoms with van der Waals surface area (Å²) in [6, 6.07) is 11.7. The van der Waals surface area contributed by atoms with Crippen LogP contribution >= 0.6 is 0 Å². The maximum Gasteiger partial charge on any atom is 0.275 e. The summed E-state index contributed by atoms with van der Waals surface area (Å²) in [6.07, 6.45) is -0.678. The van der Waals surface area contributed by atoms with Gasteiger partial charge >= 0.3 is 0 Å². The minimum absolute atomic E-state index is 0.0670. The number of aromatic nitrogens is 1. The minimum Gasteiger partial charge on any atom is -0.388 e. The third-order valence-electron chi connectivity index (χ3n) is 2.84. The number of aryl methyl sites for hydroxylation is 1. The number of benzene rings is 1. The van der Waals surface area contributed by atoms with Gasteiger partial charge in [0, 0.05) is 23.9 Å². The zero-order valence-electron chi connectivity index (χ0n) is 10.5. The van der Waals surface area contributed by atoms with E-state index in [2.05, 4.69) is 4.98 Å². The second-order valence-electron chi connectivity index (χ2n) is 4.31. The molecule has 2 aromatic rings. The molecular weight excluding hydrogens is 244 g/mol. The van der Waals surface area contributed by atoms with Gasteiger partial charge in [-0.3, -0.25) is 15.1 Å². The molecular formula is C14H14N2O3. The summed E-state index contributed by atoms with van der Waals surface area (Å²) < 4.78 is 0. The average molecular weight is 258 g/mol. The Hall–Kier alpha value is -2.27. The van der Waals surface area contributed by atoms with Crippen LogP contribution in [0, 0.1) is 17.0 Å². The molecule has 0 spiro atoms. The van der Waals surface area contributed by atoms with E-state index in [1.54, 1.807) is 24.3 Å². The van der Waals surface area contributed by atoms with Gasteiger partial charge in [0.25, 0.3) is 5.69 Å². The van der Waals surface area contributed by atoms with Gasteiger partial charge in [-0.2, -0.15) is 0 Å². The predicted octanol–water partition coefficient (Wildman–Crippen LogP) is 2.57. The molecule has 0 saturated heterocycles. The van der Waals surface area contributed by atoms with Crippen LogP contribution in [-0.4, -0.2) is 15.0 Å². The van der Waals surface area contributed by atoms with E-state index in [4.69, 9.17) is 0 Å². The van der Waals surface area contributed by atoms with Crippen LogP contribution in [0.25, 0.3) is 0 Å². The fraction of sp³-hybridized carbons (Fsp3) is 0.214. The third-order valence-corrected chi connectivity index (χ3v) is 2.84. The molecule has 0 aliphatic rings. The lowest BCUT2D eigenvalue weighted by atomic mass is 10.0. The van der Waals surface area contributed by atoms with Crippen molar-refractivity contribution in [3.8, 4) is 0 Å². The highest BCUT2D eigenvalue weighted by molar-refractivity contribution is 5.41. The molecule has 0 saturated carbocycles. The normalized spacial score (nSPS) is 12.1. The Balaban J connectivity index is 2.25. The summed E-state index contributed by atoms with van der Waals surface area (Å²) in [5.74, 6) is 0. The standard InChI is InChI=1S/C14H14N2O3/c1-10-5-4-6-11(15-10)9-14(17)12-7-2-3-8-13(12)16(18)19/h2-8,14,17H,9H2,1H3/t14-/m1/s1. The smallest absolute Gasteiger partial charge is 0.275 e. The van der Waals surface area contributed by atoms with Crippen LogP contribution in [0.4, 0.5) is 5.69 Å². The molecule has 0 fully saturated rings. The number of para-hydroxylation sites is 1. The van der Waals surface area contributed by atoms with Crippen LogP contribution in [0.15, 0.2) is 42.5 Å². The Morgan fingerprint density at radius 2 is 2.00 bits per heavy atom. The molecule has 19 heavy (non-hydrogen) atoms. The van der Waals surface area contributed by atoms with E-state index in [1.165, 1.54) is 6.07 Å². The molecule has 1 aromatic carbocycles. The second-order valence-corrected chi connectivity index (χ2v) is 4.31. The molecule has 5 heteroatoms. The highest BCUT2D eigenvalue weighted by Gasteiger charge is 2.20. The zero-order valence-corrected chi connectivity index (χ0v) is 10.5. The predicted molar refractivity (Wildman–Crippen MR) is 70.7 cm³/mol. The highest BCUT2D eigenvalue weighted by Crippen LogP contribution is 2.26. The van der Waals surface area contributed by atoms with Crippen LogP contribution in [0.5, 0.6) is 0 Å². The molecule has 1 N–H and O–H groups in total. The molecule has 0 bridgehead atoms. The molecule has 1 aromatic heterocycles. The van der Waals surface area contributed by atoms with Crippen molar-refractivity contribution in [2.24, 2.45) is 0 Å². The van der Waals surface area contributed by atoms with Gasteiger partial charge < -0.3 is 5.11 Å². The van der Waals surface area contributed by atoms with Crippen molar-refractivity contribution in [1.29, 1.82) is 0 Å². The summed E-state index contributed by atoms with van der Waals surface area (Å²) in [7, 11) is 0. The number of pyridine rings is 1. The zero-order chi connectivity index (χ0) is 13.8. The van der Waals surface area contributed by atoms with Crippen molar-refractivity contribution in [1.82, 2.24) is 4.98 Å². The third kappa shape index (κ3) is 3.14. The minimum atomic E-state index is -0.934. The van der Waals surface area contributed by atoms with E-state index in [1.807, 2.05) is 19.1 Å². The first kappa shape index (κ1) is 13.2. The van der Waals surface area contributed by atoms with Crippen molar-refractivity contribution >= 4 is 5.69 Å². The number of rotatable bonds is 4. The lowest BCUT2D eigenvalue weighted by Gasteiger charge is -2.11. The van der Waals surface area contributed by atoms with Crippen LogP contribution < -0.4 is 0 Å². The fourth-order valence-electron chi connectivity index (χ4n) is 1.96. The van der Waals surface area contributed by atoms with E-state index in [0.29, 0.717) is 11.3 Å². The van der Waals surface area contributed by atoms with Crippen molar-refractivity contribution in [3.63, 3.8) is 0 Å². The summed E-state index contributed by atoms with van der Waals surface area (Å²) in [5, 5.41) is 21.1. The monoisotopic (exact) mass is 258 g/mol. The van der Waals surface area contributed by atoms with E-state index in [-0.39, 0.29) is 12.1 Å². The van der Waals surface area contributed by atoms with Gasteiger partial charge in [0.05, 0.1) is 16.6 Å². The number of nitro groups is 1. The van der Waals surface area contributed by atoms with E-state index in [0.717, 1.165) is 5.69 Å². The van der Waals surface area contributed by atoms with E-state index in [9.17, 15) is 15.2 Å². The van der Waals surface area contributed by atoms with Gasteiger partial charge in [-0.25, -0.2) is 0 Å². The molecule has 5 nitrogen and oxygen atoms in total. The summed E-state index contributed by atoms with van der Waals surface area (Å²) in [5.41, 5.74) is 1.82. The molecule has 1 atom stereocenters. The van der Waals surface area contributed by atoms with Gasteiger partial charge in [-0.1, -0.05) is 18.2 Å². The van der Waals surface area contributed by atoms with Gasteiger partial charge in [0.2, 0.25) is 0 Å². The molecule has 2 rings (SSSR count). The Kier molecular flexibility index (Phi) is 3.87. The first-order chi connectivity index (χ1) is 9.08. The quantitative estimate of drug-likeness (QED) is 0.675. The molecule has 0 aliphatic heterocycles. The second kappa shape index (κ2) is 5.58. The largest absolute Gasteiger partial charge is 0.388 e. The Morgan fingerprint density at radius 1 is 1.26 bits per heavy atom. The first-order valence-corrected chi connectivity index (χ1v) is 5.92. The fourth-order valence-corrected chi connectivity index (χ4v) is 1.96. The maximum atomic E-state index is 10.9. The summed E-state index contributed by atoms with van der Waals surface area (Å²) >= 11 is 0. The average Bonchev–Trinajstić information content (AvgIpc) is 2.38. The molecule has 0 aliphatic carbocycles. The Morgan fingerprint density at radius 3 is 2.68 bits per heavy atom. The van der Waals surface area contributed by atoms with Gasteiger partial charge in [-0.05, 0) is 25.1 Å². The molecule has 0 radical (unpaired) electrons. The Bertz CT molecular complexity index is 599. The van der Waals surface area contributed by atoms with E-state index >= 15 is 0 Å². The molecule has 0 amide bonds. The topological polar surface area (TPSA) is 76.3 Å². The summed E-state index contributed by atoms with van der Waals surface area (Å²) in [6.45, 7) is 1.86. The van der Waals surface area contributed by atoms with Crippen LogP contribution in [0.3, 0.4) is 0 Å². The van der Waals surface area contributed by atoms with Gasteiger partial charge in [0.1, 0.15) is 0 Å². The highest BCUT2D eigenvalue weighted by atomic mass is 16.6. The lowest BCUT2D eigenvalue weighted by Crippen LogP contribution is -2.06. The molecule has 0 unspecified atom stereocenters. The van der Waals surface area contributed by atoms with E-state index < -0.39 is 11.0 Å². The van der Waals surface area contributed by atoms with Gasteiger partial charge in [0.15, 0.2) is 0 Å². The van der Waals surface area contributed by atoms with Gasteiger partial charge in [-0.15, -0.1) is 0 Å². The van der Waals surface area contributed by atoms with Crippen molar-refractivity contribution in [3.05, 3.63) is 69.5 Å². The van der Waals surface area contributed by atoms with Crippen LogP contribution in [0.1, 0.15) is 23.1 Å². The Labute approximate surface area is 110 Å². The van der Waals surface area contributed by atoms with Crippen molar-refractivity contribution in [2.45, 2.75) is 19.4 Å². The van der Waals surface area contributed by atoms with Crippen molar-refractivity contribution < 1.29 is 10.0 Å². The lowest BCUT2D eigenvalue weighted by molar-refractivity contribution is -0.386. The molecule has 98 valence electrons. The summed E-state index contributed by atoms with van der Waals surface area (Å²) in [4.78, 5) is 14.7. The number of nitrogens with zero attached hydrogens (tertiary/aromatic N) is 2. The number of hydrogen-bond donors (Lipinski definition) is 1. The maximum absolute atomic E-state index is 10.9. The number of aliphatic hydroxyl groups excluding tert-OH is 1. The molecule has 1 heterocycles. The van der Waals surface area contributed by atoms with Crippen LogP contribution in [-0.2, 0) is 6.42 Å².